The minimum Gasteiger partial charge on any atom is -0.469 e. The Bertz CT molecular complexity index is 1660. The monoisotopic (exact) mass is 538 g/mol. The number of fused-ring (bicyclic) bond motifs is 1. The Morgan fingerprint density at radius 2 is 1.65 bits per heavy atom. The summed E-state index contributed by atoms with van der Waals surface area (Å²) < 4.78 is 32.7. The Kier molecular flexibility index (Phi) is 7.07. The second-order valence-electron chi connectivity index (χ2n) is 10.3. The lowest BCUT2D eigenvalue weighted by Gasteiger charge is -2.28. The van der Waals surface area contributed by atoms with Crippen molar-refractivity contribution in [1.29, 1.82) is 0 Å². The Balaban J connectivity index is 1.15. The van der Waals surface area contributed by atoms with Crippen LogP contribution in [0.5, 0.6) is 0 Å². The van der Waals surface area contributed by atoms with Gasteiger partial charge in [-0.15, -0.1) is 0 Å². The van der Waals surface area contributed by atoms with Gasteiger partial charge in [-0.05, 0) is 85.5 Å². The number of imidazole rings is 1. The molecule has 6 rings (SSSR count). The van der Waals surface area contributed by atoms with Crippen LogP contribution in [0, 0.1) is 17.6 Å². The average molecular weight is 539 g/mol. The second kappa shape index (κ2) is 11.0. The third-order valence-electron chi connectivity index (χ3n) is 7.79. The highest BCUT2D eigenvalue weighted by atomic mass is 19.1. The number of ether oxygens (including phenoxy) is 1. The molecule has 6 nitrogen and oxygen atoms in total. The van der Waals surface area contributed by atoms with Gasteiger partial charge in [0.2, 0.25) is 0 Å². The van der Waals surface area contributed by atoms with Crippen LogP contribution in [-0.2, 0) is 9.53 Å². The van der Waals surface area contributed by atoms with E-state index >= 15 is 0 Å². The van der Waals surface area contributed by atoms with Crippen LogP contribution in [0.2, 0.25) is 0 Å². The van der Waals surface area contributed by atoms with Crippen molar-refractivity contribution in [3.8, 4) is 33.9 Å². The molecular weight excluding hydrogens is 510 g/mol. The number of halogens is 2. The molecule has 40 heavy (non-hydrogen) atoms. The van der Waals surface area contributed by atoms with Gasteiger partial charge in [-0.25, -0.2) is 18.7 Å². The first-order chi connectivity index (χ1) is 19.5. The first-order valence-corrected chi connectivity index (χ1v) is 13.4. The summed E-state index contributed by atoms with van der Waals surface area (Å²) in [5.74, 6) is 0.345. The van der Waals surface area contributed by atoms with Crippen molar-refractivity contribution < 1.29 is 18.3 Å². The lowest BCUT2D eigenvalue weighted by Crippen LogP contribution is -2.17. The van der Waals surface area contributed by atoms with E-state index in [1.807, 2.05) is 12.1 Å². The normalized spacial score (nSPS) is 17.2. The molecule has 0 saturated heterocycles. The molecule has 1 aliphatic rings. The van der Waals surface area contributed by atoms with Crippen molar-refractivity contribution in [1.82, 2.24) is 19.9 Å². The van der Waals surface area contributed by atoms with Crippen LogP contribution in [0.15, 0.2) is 72.9 Å². The molecule has 3 heterocycles. The van der Waals surface area contributed by atoms with Crippen molar-refractivity contribution in [3.05, 3.63) is 90.1 Å². The molecule has 2 aromatic carbocycles. The number of carbonyl (C=O) groups excluding carboxylic acids is 1. The molecule has 1 saturated carbocycles. The van der Waals surface area contributed by atoms with Crippen LogP contribution in [0.3, 0.4) is 0 Å². The predicted octanol–water partition coefficient (Wildman–Crippen LogP) is 7.47. The first-order valence-electron chi connectivity index (χ1n) is 13.4. The maximum atomic E-state index is 14.2. The number of hydrogen-bond donors (Lipinski definition) is 1. The van der Waals surface area contributed by atoms with Gasteiger partial charge in [0, 0.05) is 29.3 Å². The summed E-state index contributed by atoms with van der Waals surface area (Å²) in [5, 5.41) is 0. The van der Waals surface area contributed by atoms with Crippen LogP contribution in [0.25, 0.3) is 45.1 Å². The zero-order valence-electron chi connectivity index (χ0n) is 22.0. The summed E-state index contributed by atoms with van der Waals surface area (Å²) in [5.41, 5.74) is 5.51. The molecule has 0 amide bonds. The van der Waals surface area contributed by atoms with Crippen LogP contribution < -0.4 is 0 Å². The van der Waals surface area contributed by atoms with Gasteiger partial charge in [-0.3, -0.25) is 9.78 Å². The number of pyridine rings is 2. The van der Waals surface area contributed by atoms with Crippen LogP contribution in [0.4, 0.5) is 8.78 Å². The highest BCUT2D eigenvalue weighted by Gasteiger charge is 2.24. The van der Waals surface area contributed by atoms with E-state index in [4.69, 9.17) is 4.74 Å². The number of aromatic nitrogens is 4. The molecule has 8 heteroatoms. The van der Waals surface area contributed by atoms with Gasteiger partial charge < -0.3 is 9.72 Å². The topological polar surface area (TPSA) is 80.8 Å². The van der Waals surface area contributed by atoms with Crippen molar-refractivity contribution >= 4 is 17.1 Å². The third-order valence-corrected chi connectivity index (χ3v) is 7.79. The first kappa shape index (κ1) is 25.8. The Hall–Kier alpha value is -4.46. The van der Waals surface area contributed by atoms with Gasteiger partial charge >= 0.3 is 5.97 Å². The van der Waals surface area contributed by atoms with Crippen molar-refractivity contribution in [2.75, 3.05) is 7.11 Å². The Morgan fingerprint density at radius 3 is 2.38 bits per heavy atom. The van der Waals surface area contributed by atoms with Crippen LogP contribution in [0.1, 0.15) is 43.6 Å². The highest BCUT2D eigenvalue weighted by Crippen LogP contribution is 2.37. The van der Waals surface area contributed by atoms with Gasteiger partial charge in [0.25, 0.3) is 0 Å². The number of benzene rings is 2. The summed E-state index contributed by atoms with van der Waals surface area (Å²) in [4.78, 5) is 28.5. The molecule has 3 aromatic heterocycles. The van der Waals surface area contributed by atoms with Crippen LogP contribution in [-0.4, -0.2) is 33.0 Å². The quantitative estimate of drug-likeness (QED) is 0.227. The van der Waals surface area contributed by atoms with E-state index in [1.165, 1.54) is 12.7 Å². The summed E-state index contributed by atoms with van der Waals surface area (Å²) in [6, 6.07) is 19.2. The number of esters is 1. The molecule has 0 atom stereocenters. The van der Waals surface area contributed by atoms with Gasteiger partial charge in [0.05, 0.1) is 24.0 Å². The smallest absolute Gasteiger partial charge is 0.305 e. The van der Waals surface area contributed by atoms with E-state index in [0.29, 0.717) is 40.9 Å². The van der Waals surface area contributed by atoms with Crippen molar-refractivity contribution in [2.24, 2.45) is 5.92 Å². The van der Waals surface area contributed by atoms with Gasteiger partial charge in [0.1, 0.15) is 17.5 Å². The largest absolute Gasteiger partial charge is 0.469 e. The van der Waals surface area contributed by atoms with E-state index in [-0.39, 0.29) is 11.5 Å². The predicted molar refractivity (Wildman–Crippen MR) is 149 cm³/mol. The molecule has 0 unspecified atom stereocenters. The minimum atomic E-state index is -0.542. The standard InChI is InChI=1S/C32H28F2N4O2/c1-40-30(39)16-19-2-4-20(5-3-19)21-6-8-22(9-7-21)27-13-10-23(18-35-27)31-37-29-15-14-28(36-32(29)38-31)25-17-24(33)11-12-26(25)34/h6-15,17-20H,2-5,16H2,1H3,(H,36,37,38). The number of nitrogens with one attached hydrogen (secondary N) is 1. The maximum Gasteiger partial charge on any atom is 0.305 e. The number of carbonyl (C=O) groups is 1. The molecule has 202 valence electrons. The Labute approximate surface area is 230 Å². The molecule has 1 N–H and O–H groups in total. The van der Waals surface area contributed by atoms with Crippen molar-refractivity contribution in [2.45, 2.75) is 38.0 Å². The van der Waals surface area contributed by atoms with E-state index in [1.54, 1.807) is 18.3 Å². The average Bonchev–Trinajstić information content (AvgIpc) is 3.42. The minimum absolute atomic E-state index is 0.0923. The number of aromatic amines is 1. The van der Waals surface area contributed by atoms with E-state index < -0.39 is 11.6 Å². The lowest BCUT2D eigenvalue weighted by atomic mass is 9.77. The number of rotatable bonds is 6. The van der Waals surface area contributed by atoms with E-state index in [0.717, 1.165) is 60.7 Å². The summed E-state index contributed by atoms with van der Waals surface area (Å²) in [7, 11) is 1.45. The fourth-order valence-corrected chi connectivity index (χ4v) is 5.52. The highest BCUT2D eigenvalue weighted by molar-refractivity contribution is 5.79. The molecule has 1 aliphatic carbocycles. The van der Waals surface area contributed by atoms with E-state index in [2.05, 4.69) is 44.2 Å². The summed E-state index contributed by atoms with van der Waals surface area (Å²) in [6.45, 7) is 0. The van der Waals surface area contributed by atoms with Gasteiger partial charge in [-0.2, -0.15) is 0 Å². The molecule has 0 aliphatic heterocycles. The number of nitrogens with zero attached hydrogens (tertiary/aromatic N) is 3. The van der Waals surface area contributed by atoms with E-state index in [9.17, 15) is 13.6 Å². The van der Waals surface area contributed by atoms with Gasteiger partial charge in [-0.1, -0.05) is 24.3 Å². The van der Waals surface area contributed by atoms with Gasteiger partial charge in [0.15, 0.2) is 5.65 Å². The molecular formula is C32H28F2N4O2. The number of methoxy groups -OCH3 is 1. The second-order valence-corrected chi connectivity index (χ2v) is 10.3. The molecule has 0 bridgehead atoms. The summed E-state index contributed by atoms with van der Waals surface area (Å²) >= 11 is 0. The summed E-state index contributed by atoms with van der Waals surface area (Å²) in [6.07, 6.45) is 6.54. The molecule has 5 aromatic rings. The fourth-order valence-electron chi connectivity index (χ4n) is 5.52. The molecule has 0 radical (unpaired) electrons. The lowest BCUT2D eigenvalue weighted by molar-refractivity contribution is -0.142. The number of hydrogen-bond acceptors (Lipinski definition) is 5. The number of H-pyrrole nitrogens is 1. The SMILES string of the molecule is COC(=O)CC1CCC(c2ccc(-c3ccc(-c4nc5nc(-c6cc(F)ccc6F)ccc5[nH]4)cn3)cc2)CC1. The van der Waals surface area contributed by atoms with Crippen molar-refractivity contribution in [3.63, 3.8) is 0 Å². The molecule has 0 spiro atoms. The molecule has 1 fully saturated rings. The zero-order chi connectivity index (χ0) is 27.6. The van der Waals surface area contributed by atoms with Crippen LogP contribution >= 0.6 is 0 Å². The Morgan fingerprint density at radius 1 is 0.900 bits per heavy atom. The maximum absolute atomic E-state index is 14.2. The zero-order valence-corrected chi connectivity index (χ0v) is 22.0. The fraction of sp³-hybridized carbons (Fsp3) is 0.250. The third kappa shape index (κ3) is 5.34.